The zero-order valence-corrected chi connectivity index (χ0v) is 13.6. The fraction of sp³-hybridized carbons (Fsp3) is 0.667. The Bertz CT molecular complexity index is 485. The molecule has 1 heterocycles. The fourth-order valence-electron chi connectivity index (χ4n) is 2.25. The van der Waals surface area contributed by atoms with Crippen LogP contribution in [-0.2, 0) is 10.0 Å². The number of rotatable bonds is 4. The maximum Gasteiger partial charge on any atom is 0.250 e. The molecule has 0 aliphatic heterocycles. The Kier molecular flexibility index (Phi) is 4.86. The van der Waals surface area contributed by atoms with Gasteiger partial charge in [-0.25, -0.2) is 13.1 Å². The Morgan fingerprint density at radius 1 is 1.39 bits per heavy atom. The fourth-order valence-corrected chi connectivity index (χ4v) is 5.64. The maximum absolute atomic E-state index is 12.1. The maximum atomic E-state index is 12.1. The molecular weight excluding hydrogens is 334 g/mol. The highest BCUT2D eigenvalue weighted by Crippen LogP contribution is 2.30. The van der Waals surface area contributed by atoms with Crippen molar-refractivity contribution < 1.29 is 8.42 Å². The second kappa shape index (κ2) is 6.03. The van der Waals surface area contributed by atoms with Crippen molar-refractivity contribution in [2.75, 3.05) is 6.54 Å². The van der Waals surface area contributed by atoms with Crippen LogP contribution in [0.3, 0.4) is 0 Å². The summed E-state index contributed by atoms with van der Waals surface area (Å²) in [6.07, 6.45) is 6.05. The average molecular weight is 352 g/mol. The summed E-state index contributed by atoms with van der Waals surface area (Å²) in [5.41, 5.74) is 0.970. The molecule has 102 valence electrons. The van der Waals surface area contributed by atoms with Gasteiger partial charge in [0.25, 0.3) is 0 Å². The van der Waals surface area contributed by atoms with Crippen LogP contribution in [0.15, 0.2) is 14.1 Å². The lowest BCUT2D eigenvalue weighted by Crippen LogP contribution is -2.29. The van der Waals surface area contributed by atoms with Gasteiger partial charge in [0, 0.05) is 6.54 Å². The van der Waals surface area contributed by atoms with Crippen LogP contribution in [0.1, 0.15) is 37.7 Å². The van der Waals surface area contributed by atoms with Crippen LogP contribution in [0.5, 0.6) is 0 Å². The van der Waals surface area contributed by atoms with Gasteiger partial charge in [-0.1, -0.05) is 19.3 Å². The topological polar surface area (TPSA) is 46.2 Å². The van der Waals surface area contributed by atoms with Crippen LogP contribution < -0.4 is 4.72 Å². The van der Waals surface area contributed by atoms with Crippen LogP contribution in [0.2, 0.25) is 0 Å². The number of thiophene rings is 1. The molecule has 1 fully saturated rings. The monoisotopic (exact) mass is 351 g/mol. The largest absolute Gasteiger partial charge is 0.250 e. The number of aryl methyl sites for hydroxylation is 1. The van der Waals surface area contributed by atoms with E-state index in [9.17, 15) is 8.42 Å². The van der Waals surface area contributed by atoms with E-state index in [1.165, 1.54) is 30.6 Å². The molecule has 0 bridgehead atoms. The third-order valence-corrected chi connectivity index (χ3v) is 7.42. The molecule has 0 radical (unpaired) electrons. The molecule has 1 aliphatic carbocycles. The summed E-state index contributed by atoms with van der Waals surface area (Å²) in [6.45, 7) is 2.48. The van der Waals surface area contributed by atoms with Crippen molar-refractivity contribution in [3.8, 4) is 0 Å². The van der Waals surface area contributed by atoms with Gasteiger partial charge in [-0.3, -0.25) is 0 Å². The quantitative estimate of drug-likeness (QED) is 0.899. The van der Waals surface area contributed by atoms with Gasteiger partial charge in [0.05, 0.1) is 3.79 Å². The van der Waals surface area contributed by atoms with Crippen LogP contribution in [0, 0.1) is 12.8 Å². The number of hydrogen-bond acceptors (Lipinski definition) is 3. The van der Waals surface area contributed by atoms with Crippen LogP contribution >= 0.6 is 27.3 Å². The molecule has 0 atom stereocenters. The van der Waals surface area contributed by atoms with Gasteiger partial charge < -0.3 is 0 Å². The van der Waals surface area contributed by atoms with E-state index < -0.39 is 10.0 Å². The number of hydrogen-bond donors (Lipinski definition) is 1. The van der Waals surface area contributed by atoms with Crippen molar-refractivity contribution in [1.29, 1.82) is 0 Å². The molecule has 1 N–H and O–H groups in total. The van der Waals surface area contributed by atoms with Crippen molar-refractivity contribution >= 4 is 37.3 Å². The molecule has 1 aromatic heterocycles. The molecule has 0 amide bonds. The van der Waals surface area contributed by atoms with Crippen molar-refractivity contribution in [2.24, 2.45) is 5.92 Å². The van der Waals surface area contributed by atoms with Crippen molar-refractivity contribution in [3.05, 3.63) is 15.4 Å². The zero-order chi connectivity index (χ0) is 13.2. The van der Waals surface area contributed by atoms with E-state index >= 15 is 0 Å². The number of nitrogens with one attached hydrogen (secondary N) is 1. The van der Waals surface area contributed by atoms with E-state index in [4.69, 9.17) is 0 Å². The molecular formula is C12H18BrNO2S2. The van der Waals surface area contributed by atoms with Crippen molar-refractivity contribution in [3.63, 3.8) is 0 Å². The Morgan fingerprint density at radius 3 is 2.61 bits per heavy atom. The lowest BCUT2D eigenvalue weighted by molar-refractivity contribution is 0.357. The van der Waals surface area contributed by atoms with Gasteiger partial charge in [-0.05, 0) is 53.2 Å². The smallest absolute Gasteiger partial charge is 0.210 e. The molecule has 3 nitrogen and oxygen atoms in total. The van der Waals surface area contributed by atoms with E-state index in [0.29, 0.717) is 16.7 Å². The van der Waals surface area contributed by atoms with E-state index in [1.807, 2.05) is 6.92 Å². The van der Waals surface area contributed by atoms with Gasteiger partial charge >= 0.3 is 0 Å². The van der Waals surface area contributed by atoms with E-state index in [-0.39, 0.29) is 0 Å². The SMILES string of the molecule is Cc1cc(S(=O)(=O)NCC2CCCCC2)sc1Br. The Hall–Kier alpha value is 0.0900. The third-order valence-electron chi connectivity index (χ3n) is 3.39. The Labute approximate surface area is 121 Å². The van der Waals surface area contributed by atoms with Gasteiger partial charge in [0.2, 0.25) is 10.0 Å². The van der Waals surface area contributed by atoms with Crippen LogP contribution in [0.25, 0.3) is 0 Å². The highest BCUT2D eigenvalue weighted by Gasteiger charge is 2.21. The standard InChI is InChI=1S/C12H18BrNO2S2/c1-9-7-11(17-12(9)13)18(15,16)14-8-10-5-3-2-4-6-10/h7,10,14H,2-6,8H2,1H3. The molecule has 2 rings (SSSR count). The molecule has 1 saturated carbocycles. The number of halogens is 1. The highest BCUT2D eigenvalue weighted by molar-refractivity contribution is 9.11. The molecule has 0 unspecified atom stereocenters. The predicted molar refractivity (Wildman–Crippen MR) is 78.5 cm³/mol. The third kappa shape index (κ3) is 3.56. The summed E-state index contributed by atoms with van der Waals surface area (Å²) in [4.78, 5) is 0. The Balaban J connectivity index is 1.98. The minimum absolute atomic E-state index is 0.405. The summed E-state index contributed by atoms with van der Waals surface area (Å²) >= 11 is 4.64. The second-order valence-corrected chi connectivity index (χ2v) is 9.24. The van der Waals surface area contributed by atoms with Gasteiger partial charge in [0.1, 0.15) is 4.21 Å². The van der Waals surface area contributed by atoms with Crippen LogP contribution in [0.4, 0.5) is 0 Å². The summed E-state index contributed by atoms with van der Waals surface area (Å²) in [5, 5.41) is 0. The summed E-state index contributed by atoms with van der Waals surface area (Å²) < 4.78 is 28.3. The summed E-state index contributed by atoms with van der Waals surface area (Å²) in [5.74, 6) is 0.512. The van der Waals surface area contributed by atoms with Crippen molar-refractivity contribution in [1.82, 2.24) is 4.72 Å². The minimum atomic E-state index is -3.32. The first kappa shape index (κ1) is 14.5. The first-order valence-corrected chi connectivity index (χ1v) is 9.34. The molecule has 6 heteroatoms. The number of sulfonamides is 1. The molecule has 0 saturated heterocycles. The van der Waals surface area contributed by atoms with Gasteiger partial charge in [-0.2, -0.15) is 0 Å². The normalized spacial score (nSPS) is 18.1. The van der Waals surface area contributed by atoms with Gasteiger partial charge in [-0.15, -0.1) is 11.3 Å². The van der Waals surface area contributed by atoms with Crippen LogP contribution in [-0.4, -0.2) is 15.0 Å². The molecule has 0 spiro atoms. The Morgan fingerprint density at radius 2 is 2.06 bits per heavy atom. The van der Waals surface area contributed by atoms with E-state index in [1.54, 1.807) is 6.07 Å². The lowest BCUT2D eigenvalue weighted by atomic mass is 9.90. The zero-order valence-electron chi connectivity index (χ0n) is 10.4. The second-order valence-electron chi connectivity index (χ2n) is 4.88. The average Bonchev–Trinajstić information content (AvgIpc) is 2.70. The van der Waals surface area contributed by atoms with E-state index in [2.05, 4.69) is 20.7 Å². The molecule has 0 aromatic carbocycles. The molecule has 1 aromatic rings. The van der Waals surface area contributed by atoms with Gasteiger partial charge in [0.15, 0.2) is 0 Å². The summed E-state index contributed by atoms with van der Waals surface area (Å²) in [6, 6.07) is 1.72. The highest BCUT2D eigenvalue weighted by atomic mass is 79.9. The lowest BCUT2D eigenvalue weighted by Gasteiger charge is -2.21. The van der Waals surface area contributed by atoms with Crippen molar-refractivity contribution in [2.45, 2.75) is 43.2 Å². The predicted octanol–water partition coefficient (Wildman–Crippen LogP) is 3.68. The minimum Gasteiger partial charge on any atom is -0.210 e. The molecule has 18 heavy (non-hydrogen) atoms. The first-order valence-electron chi connectivity index (χ1n) is 6.24. The first-order chi connectivity index (χ1) is 8.49. The molecule has 1 aliphatic rings. The van der Waals surface area contributed by atoms with E-state index in [0.717, 1.165) is 22.2 Å². The summed E-state index contributed by atoms with van der Waals surface area (Å²) in [7, 11) is -3.32.